The summed E-state index contributed by atoms with van der Waals surface area (Å²) in [6, 6.07) is 14.8. The summed E-state index contributed by atoms with van der Waals surface area (Å²) in [7, 11) is 1.39. The van der Waals surface area contributed by atoms with Gasteiger partial charge in [-0.15, -0.1) is 22.7 Å². The van der Waals surface area contributed by atoms with Crippen molar-refractivity contribution >= 4 is 61.5 Å². The van der Waals surface area contributed by atoms with Crippen molar-refractivity contribution in [1.29, 1.82) is 0 Å². The molecule has 0 fully saturated rings. The van der Waals surface area contributed by atoms with E-state index in [1.165, 1.54) is 18.4 Å². The molecule has 0 spiro atoms. The number of thiazole rings is 1. The normalized spacial score (nSPS) is 13.1. The Kier molecular flexibility index (Phi) is 5.58. The molecular formula is C23H18ClN3O3S2. The third-order valence-electron chi connectivity index (χ3n) is 5.33. The Balaban J connectivity index is 1.57. The number of halogens is 1. The van der Waals surface area contributed by atoms with Crippen molar-refractivity contribution in [3.63, 3.8) is 0 Å². The van der Waals surface area contributed by atoms with Crippen LogP contribution in [0, 0.1) is 0 Å². The van der Waals surface area contributed by atoms with Gasteiger partial charge in [-0.3, -0.25) is 4.79 Å². The lowest BCUT2D eigenvalue weighted by Crippen LogP contribution is -2.35. The fourth-order valence-corrected chi connectivity index (χ4v) is 6.25. The summed E-state index contributed by atoms with van der Waals surface area (Å²) in [5, 5.41) is 5.25. The molecule has 0 aliphatic carbocycles. The van der Waals surface area contributed by atoms with Gasteiger partial charge in [-0.1, -0.05) is 23.7 Å². The minimum Gasteiger partial charge on any atom is -0.453 e. The highest BCUT2D eigenvalue weighted by Crippen LogP contribution is 2.45. The lowest BCUT2D eigenvalue weighted by molar-refractivity contribution is 0.102. The van der Waals surface area contributed by atoms with Crippen molar-refractivity contribution in [2.24, 2.45) is 0 Å². The van der Waals surface area contributed by atoms with E-state index in [4.69, 9.17) is 21.3 Å². The molecule has 0 bridgehead atoms. The van der Waals surface area contributed by atoms with E-state index < -0.39 is 0 Å². The third kappa shape index (κ3) is 3.85. The molecule has 2 amide bonds. The van der Waals surface area contributed by atoms with Crippen LogP contribution in [0.3, 0.4) is 0 Å². The van der Waals surface area contributed by atoms with Crippen LogP contribution in [-0.4, -0.2) is 35.5 Å². The number of carbonyl (C=O) groups excluding carboxylic acids is 2. The highest BCUT2D eigenvalue weighted by Gasteiger charge is 2.30. The fraction of sp³-hybridized carbons (Fsp3) is 0.174. The third-order valence-corrected chi connectivity index (χ3v) is 7.77. The van der Waals surface area contributed by atoms with Crippen molar-refractivity contribution in [2.75, 3.05) is 19.0 Å². The van der Waals surface area contributed by atoms with Gasteiger partial charge in [-0.05, 0) is 48.4 Å². The predicted octanol–water partition coefficient (Wildman–Crippen LogP) is 6.06. The molecule has 5 rings (SSSR count). The van der Waals surface area contributed by atoms with Gasteiger partial charge in [-0.2, -0.15) is 0 Å². The van der Waals surface area contributed by atoms with Crippen LogP contribution in [0.25, 0.3) is 20.8 Å². The van der Waals surface area contributed by atoms with Gasteiger partial charge in [0.1, 0.15) is 10.0 Å². The number of hydrogen-bond donors (Lipinski definition) is 1. The Hall–Kier alpha value is -2.94. The average Bonchev–Trinajstić information content (AvgIpc) is 3.38. The fourth-order valence-electron chi connectivity index (χ4n) is 3.76. The summed E-state index contributed by atoms with van der Waals surface area (Å²) >= 11 is 9.05. The molecule has 0 saturated heterocycles. The predicted molar refractivity (Wildman–Crippen MR) is 129 cm³/mol. The molecule has 4 aromatic rings. The molecule has 0 atom stereocenters. The molecule has 1 N–H and O–H groups in total. The molecule has 162 valence electrons. The van der Waals surface area contributed by atoms with E-state index in [2.05, 4.69) is 5.32 Å². The van der Waals surface area contributed by atoms with Gasteiger partial charge in [0.25, 0.3) is 5.91 Å². The number of ether oxygens (including phenoxy) is 1. The van der Waals surface area contributed by atoms with Crippen LogP contribution < -0.4 is 5.32 Å². The van der Waals surface area contributed by atoms with Gasteiger partial charge in [0.2, 0.25) is 0 Å². The van der Waals surface area contributed by atoms with Crippen molar-refractivity contribution in [3.05, 3.63) is 69.6 Å². The Morgan fingerprint density at radius 1 is 1.12 bits per heavy atom. The minimum absolute atomic E-state index is 0.215. The van der Waals surface area contributed by atoms with Gasteiger partial charge >= 0.3 is 6.09 Å². The van der Waals surface area contributed by atoms with Crippen molar-refractivity contribution < 1.29 is 14.3 Å². The summed E-state index contributed by atoms with van der Waals surface area (Å²) < 4.78 is 5.99. The average molecular weight is 484 g/mol. The molecule has 3 heterocycles. The standard InChI is InChI=1S/C23H18ClN3O3S2/c1-30-23(29)27-11-10-15-18(12-27)32-22(26-20(28)13-6-8-14(24)9-7-13)19(15)21-25-16-4-2-3-5-17(16)31-21/h2-9H,10-12H2,1H3,(H,26,28). The summed E-state index contributed by atoms with van der Waals surface area (Å²) in [5.74, 6) is -0.215. The molecule has 6 nitrogen and oxygen atoms in total. The van der Waals surface area contributed by atoms with Crippen LogP contribution in [0.4, 0.5) is 9.80 Å². The zero-order valence-electron chi connectivity index (χ0n) is 17.1. The summed E-state index contributed by atoms with van der Waals surface area (Å²) in [4.78, 5) is 32.6. The van der Waals surface area contributed by atoms with E-state index in [1.807, 2.05) is 24.3 Å². The summed E-state index contributed by atoms with van der Waals surface area (Å²) in [5.41, 5.74) is 3.51. The molecule has 2 aromatic carbocycles. The Morgan fingerprint density at radius 3 is 2.66 bits per heavy atom. The lowest BCUT2D eigenvalue weighted by Gasteiger charge is -2.25. The summed E-state index contributed by atoms with van der Waals surface area (Å²) in [6.07, 6.45) is 0.320. The molecule has 0 saturated carbocycles. The van der Waals surface area contributed by atoms with Gasteiger partial charge in [0, 0.05) is 27.6 Å². The maximum absolute atomic E-state index is 13.0. The molecule has 0 unspecified atom stereocenters. The second-order valence-electron chi connectivity index (χ2n) is 7.30. The minimum atomic E-state index is -0.350. The molecule has 1 aliphatic heterocycles. The van der Waals surface area contributed by atoms with Gasteiger partial charge in [0.05, 0.1) is 23.9 Å². The zero-order chi connectivity index (χ0) is 22.2. The number of nitrogens with one attached hydrogen (secondary N) is 1. The Bertz CT molecular complexity index is 1300. The smallest absolute Gasteiger partial charge is 0.409 e. The van der Waals surface area contributed by atoms with Gasteiger partial charge < -0.3 is 15.0 Å². The lowest BCUT2D eigenvalue weighted by atomic mass is 10.0. The van der Waals surface area contributed by atoms with Crippen molar-refractivity contribution in [2.45, 2.75) is 13.0 Å². The Labute approximate surface area is 197 Å². The Morgan fingerprint density at radius 2 is 1.91 bits per heavy atom. The quantitative estimate of drug-likeness (QED) is 0.384. The highest BCUT2D eigenvalue weighted by atomic mass is 35.5. The van der Waals surface area contributed by atoms with Crippen LogP contribution in [-0.2, 0) is 17.7 Å². The van der Waals surface area contributed by atoms with Crippen LogP contribution in [0.15, 0.2) is 48.5 Å². The summed E-state index contributed by atoms with van der Waals surface area (Å²) in [6.45, 7) is 1.00. The number of aromatic nitrogens is 1. The zero-order valence-corrected chi connectivity index (χ0v) is 19.4. The molecule has 32 heavy (non-hydrogen) atoms. The SMILES string of the molecule is COC(=O)N1CCc2c(sc(NC(=O)c3ccc(Cl)cc3)c2-c2nc3ccccc3s2)C1. The van der Waals surface area contributed by atoms with E-state index in [1.54, 1.807) is 40.5 Å². The maximum atomic E-state index is 13.0. The number of carbonyl (C=O) groups is 2. The number of benzene rings is 2. The molecule has 9 heteroatoms. The second-order valence-corrected chi connectivity index (χ2v) is 9.87. The first-order chi connectivity index (χ1) is 15.5. The topological polar surface area (TPSA) is 71.5 Å². The first-order valence-electron chi connectivity index (χ1n) is 9.94. The number of methoxy groups -OCH3 is 1. The number of nitrogens with zero attached hydrogens (tertiary/aromatic N) is 2. The monoisotopic (exact) mass is 483 g/mol. The number of fused-ring (bicyclic) bond motifs is 2. The van der Waals surface area contributed by atoms with Gasteiger partial charge in [0.15, 0.2) is 0 Å². The van der Waals surface area contributed by atoms with Crippen LogP contribution in [0.2, 0.25) is 5.02 Å². The largest absolute Gasteiger partial charge is 0.453 e. The van der Waals surface area contributed by atoms with E-state index in [0.29, 0.717) is 30.1 Å². The van der Waals surface area contributed by atoms with Crippen LogP contribution in [0.1, 0.15) is 20.8 Å². The first-order valence-corrected chi connectivity index (χ1v) is 11.9. The van der Waals surface area contributed by atoms with E-state index in [0.717, 1.165) is 36.2 Å². The van der Waals surface area contributed by atoms with Crippen LogP contribution in [0.5, 0.6) is 0 Å². The molecule has 1 aliphatic rings. The number of para-hydroxylation sites is 1. The molecule has 0 radical (unpaired) electrons. The van der Waals surface area contributed by atoms with E-state index >= 15 is 0 Å². The van der Waals surface area contributed by atoms with Gasteiger partial charge in [-0.25, -0.2) is 9.78 Å². The molecular weight excluding hydrogens is 466 g/mol. The van der Waals surface area contributed by atoms with Crippen molar-refractivity contribution in [3.8, 4) is 10.6 Å². The van der Waals surface area contributed by atoms with E-state index in [-0.39, 0.29) is 12.0 Å². The number of amides is 2. The number of anilines is 1. The van der Waals surface area contributed by atoms with E-state index in [9.17, 15) is 9.59 Å². The first kappa shape index (κ1) is 20.9. The van der Waals surface area contributed by atoms with Crippen LogP contribution >= 0.6 is 34.3 Å². The number of hydrogen-bond acceptors (Lipinski definition) is 6. The number of rotatable bonds is 3. The maximum Gasteiger partial charge on any atom is 0.409 e. The van der Waals surface area contributed by atoms with Crippen molar-refractivity contribution in [1.82, 2.24) is 9.88 Å². The molecule has 2 aromatic heterocycles. The number of thiophene rings is 1. The second kappa shape index (κ2) is 8.54. The highest BCUT2D eigenvalue weighted by molar-refractivity contribution is 7.23.